The highest BCUT2D eigenvalue weighted by atomic mass is 15.3. The van der Waals surface area contributed by atoms with Gasteiger partial charge in [0.05, 0.1) is 5.69 Å². The van der Waals surface area contributed by atoms with Crippen LogP contribution in [0.15, 0.2) is 18.6 Å². The number of hydrogen-bond acceptors (Lipinski definition) is 4. The average Bonchev–Trinajstić information content (AvgIpc) is 2.98. The summed E-state index contributed by atoms with van der Waals surface area (Å²) in [6, 6.07) is 2.05. The average molecular weight is 234 g/mol. The fourth-order valence-electron chi connectivity index (χ4n) is 1.74. The van der Waals surface area contributed by atoms with Gasteiger partial charge in [-0.2, -0.15) is 10.2 Å². The van der Waals surface area contributed by atoms with Crippen molar-refractivity contribution in [2.45, 2.75) is 32.9 Å². The molecule has 0 radical (unpaired) electrons. The van der Waals surface area contributed by atoms with Crippen LogP contribution >= 0.6 is 0 Å². The van der Waals surface area contributed by atoms with Crippen molar-refractivity contribution >= 4 is 0 Å². The second-order valence-corrected chi connectivity index (χ2v) is 3.85. The van der Waals surface area contributed by atoms with Gasteiger partial charge in [-0.3, -0.25) is 9.78 Å². The Kier molecular flexibility index (Phi) is 4.26. The molecule has 0 aromatic carbocycles. The van der Waals surface area contributed by atoms with Crippen LogP contribution in [0.4, 0.5) is 0 Å². The van der Waals surface area contributed by atoms with E-state index in [-0.39, 0.29) is 0 Å². The fraction of sp³-hybridized carbons (Fsp3) is 0.545. The number of aromatic amines is 1. The van der Waals surface area contributed by atoms with Crippen LogP contribution in [0.2, 0.25) is 0 Å². The predicted octanol–water partition coefficient (Wildman–Crippen LogP) is 0.743. The summed E-state index contributed by atoms with van der Waals surface area (Å²) in [4.78, 5) is 4.08. The molecule has 6 heteroatoms. The van der Waals surface area contributed by atoms with Gasteiger partial charge in [-0.1, -0.05) is 0 Å². The molecule has 0 saturated heterocycles. The van der Waals surface area contributed by atoms with Gasteiger partial charge in [0.2, 0.25) is 0 Å². The molecule has 92 valence electrons. The summed E-state index contributed by atoms with van der Waals surface area (Å²) in [5, 5.41) is 14.3. The van der Waals surface area contributed by atoms with Crippen LogP contribution in [0.25, 0.3) is 0 Å². The van der Waals surface area contributed by atoms with Gasteiger partial charge in [-0.15, -0.1) is 0 Å². The molecule has 6 nitrogen and oxygen atoms in total. The van der Waals surface area contributed by atoms with Crippen molar-refractivity contribution < 1.29 is 0 Å². The van der Waals surface area contributed by atoms with Gasteiger partial charge < -0.3 is 5.32 Å². The molecule has 2 N–H and O–H groups in total. The second kappa shape index (κ2) is 6.15. The first-order valence-electron chi connectivity index (χ1n) is 5.95. The zero-order chi connectivity index (χ0) is 11.9. The van der Waals surface area contributed by atoms with E-state index in [1.54, 1.807) is 6.33 Å². The van der Waals surface area contributed by atoms with E-state index in [0.29, 0.717) is 0 Å². The molecule has 2 aromatic heterocycles. The van der Waals surface area contributed by atoms with Crippen LogP contribution in [0.3, 0.4) is 0 Å². The third-order valence-corrected chi connectivity index (χ3v) is 2.64. The molecule has 0 atom stereocenters. The third-order valence-electron chi connectivity index (χ3n) is 2.64. The van der Waals surface area contributed by atoms with Crippen molar-refractivity contribution in [1.82, 2.24) is 30.3 Å². The lowest BCUT2D eigenvalue weighted by Gasteiger charge is -2.06. The van der Waals surface area contributed by atoms with Crippen LogP contribution in [-0.2, 0) is 19.5 Å². The lowest BCUT2D eigenvalue weighted by Crippen LogP contribution is -2.18. The van der Waals surface area contributed by atoms with E-state index < -0.39 is 0 Å². The van der Waals surface area contributed by atoms with Crippen molar-refractivity contribution in [1.29, 1.82) is 0 Å². The smallest absolute Gasteiger partial charge is 0.137 e. The molecular weight excluding hydrogens is 216 g/mol. The summed E-state index contributed by atoms with van der Waals surface area (Å²) in [7, 11) is 0. The molecule has 0 aliphatic rings. The van der Waals surface area contributed by atoms with E-state index in [2.05, 4.69) is 32.5 Å². The molecule has 0 fully saturated rings. The predicted molar refractivity (Wildman–Crippen MR) is 64.3 cm³/mol. The molecule has 0 saturated carbocycles. The van der Waals surface area contributed by atoms with Gasteiger partial charge in [0.25, 0.3) is 0 Å². The van der Waals surface area contributed by atoms with Gasteiger partial charge in [0, 0.05) is 25.7 Å². The van der Waals surface area contributed by atoms with E-state index in [1.807, 2.05) is 16.9 Å². The Labute approximate surface area is 100 Å². The molecule has 17 heavy (non-hydrogen) atoms. The summed E-state index contributed by atoms with van der Waals surface area (Å²) in [5.74, 6) is 0.949. The van der Waals surface area contributed by atoms with Gasteiger partial charge in [0.1, 0.15) is 12.2 Å². The van der Waals surface area contributed by atoms with E-state index in [9.17, 15) is 0 Å². The van der Waals surface area contributed by atoms with Crippen LogP contribution in [-0.4, -0.2) is 31.5 Å². The summed E-state index contributed by atoms with van der Waals surface area (Å²) in [5.41, 5.74) is 1.23. The number of aryl methyl sites for hydroxylation is 2. The minimum absolute atomic E-state index is 0.865. The maximum absolute atomic E-state index is 4.23. The Balaban J connectivity index is 1.63. The van der Waals surface area contributed by atoms with Gasteiger partial charge >= 0.3 is 0 Å². The van der Waals surface area contributed by atoms with Crippen LogP contribution in [0.1, 0.15) is 24.9 Å². The number of hydrogen-bond donors (Lipinski definition) is 2. The van der Waals surface area contributed by atoms with Gasteiger partial charge in [-0.25, -0.2) is 4.98 Å². The molecule has 0 amide bonds. The monoisotopic (exact) mass is 234 g/mol. The van der Waals surface area contributed by atoms with E-state index >= 15 is 0 Å². The van der Waals surface area contributed by atoms with Crippen molar-refractivity contribution in [3.63, 3.8) is 0 Å². The molecule has 0 aliphatic heterocycles. The number of aromatic nitrogens is 5. The minimum atomic E-state index is 0.865. The highest BCUT2D eigenvalue weighted by Gasteiger charge is 2.00. The normalized spacial score (nSPS) is 10.9. The Morgan fingerprint density at radius 2 is 2.41 bits per heavy atom. The van der Waals surface area contributed by atoms with Crippen molar-refractivity contribution in [3.05, 3.63) is 30.1 Å². The Hall–Kier alpha value is -1.69. The maximum Gasteiger partial charge on any atom is 0.137 e. The molecule has 0 spiro atoms. The molecule has 0 unspecified atom stereocenters. The Morgan fingerprint density at radius 1 is 1.47 bits per heavy atom. The quantitative estimate of drug-likeness (QED) is 0.693. The number of rotatable bonds is 7. The number of H-pyrrole nitrogens is 1. The topological polar surface area (TPSA) is 71.4 Å². The molecule has 2 heterocycles. The lowest BCUT2D eigenvalue weighted by molar-refractivity contribution is 0.571. The van der Waals surface area contributed by atoms with Crippen LogP contribution in [0, 0.1) is 0 Å². The molecule has 0 bridgehead atoms. The van der Waals surface area contributed by atoms with Crippen molar-refractivity contribution in [3.8, 4) is 0 Å². The SMILES string of the molecule is CCn1nccc1CNCCCc1ncn[nH]1. The van der Waals surface area contributed by atoms with Crippen molar-refractivity contribution in [2.75, 3.05) is 6.54 Å². The van der Waals surface area contributed by atoms with Gasteiger partial charge in [-0.05, 0) is 26.0 Å². The minimum Gasteiger partial charge on any atom is -0.311 e. The van der Waals surface area contributed by atoms with E-state index in [4.69, 9.17) is 0 Å². The second-order valence-electron chi connectivity index (χ2n) is 3.85. The highest BCUT2D eigenvalue weighted by molar-refractivity contribution is 4.99. The summed E-state index contributed by atoms with van der Waals surface area (Å²) in [6.07, 6.45) is 5.37. The molecule has 2 rings (SSSR count). The fourth-order valence-corrected chi connectivity index (χ4v) is 1.74. The first-order valence-corrected chi connectivity index (χ1v) is 5.95. The summed E-state index contributed by atoms with van der Waals surface area (Å²) < 4.78 is 2.00. The standard InChI is InChI=1S/C11H18N6/c1-2-17-10(5-7-15-17)8-12-6-3-4-11-13-9-14-16-11/h5,7,9,12H,2-4,6,8H2,1H3,(H,13,14,16). The summed E-state index contributed by atoms with van der Waals surface area (Å²) in [6.45, 7) is 4.85. The van der Waals surface area contributed by atoms with Crippen LogP contribution < -0.4 is 5.32 Å². The summed E-state index contributed by atoms with van der Waals surface area (Å²) >= 11 is 0. The highest BCUT2D eigenvalue weighted by Crippen LogP contribution is 1.98. The van der Waals surface area contributed by atoms with Crippen LogP contribution in [0.5, 0.6) is 0 Å². The first kappa shape index (κ1) is 11.8. The largest absolute Gasteiger partial charge is 0.311 e. The Morgan fingerprint density at radius 3 is 3.18 bits per heavy atom. The number of nitrogens with zero attached hydrogens (tertiary/aromatic N) is 4. The third kappa shape index (κ3) is 3.39. The first-order chi connectivity index (χ1) is 8.40. The zero-order valence-electron chi connectivity index (χ0n) is 10.1. The van der Waals surface area contributed by atoms with Crippen molar-refractivity contribution in [2.24, 2.45) is 0 Å². The lowest BCUT2D eigenvalue weighted by atomic mass is 10.3. The number of nitrogens with one attached hydrogen (secondary N) is 2. The molecule has 0 aliphatic carbocycles. The zero-order valence-corrected chi connectivity index (χ0v) is 10.1. The Bertz CT molecular complexity index is 419. The molecular formula is C11H18N6. The maximum atomic E-state index is 4.23. The molecule has 2 aromatic rings. The van der Waals surface area contributed by atoms with E-state index in [1.165, 1.54) is 5.69 Å². The van der Waals surface area contributed by atoms with Gasteiger partial charge in [0.15, 0.2) is 0 Å². The van der Waals surface area contributed by atoms with E-state index in [0.717, 1.165) is 38.3 Å².